The fourth-order valence-corrected chi connectivity index (χ4v) is 3.40. The average molecular weight is 370 g/mol. The van der Waals surface area contributed by atoms with Crippen LogP contribution in [0.4, 0.5) is 8.78 Å². The third kappa shape index (κ3) is 4.49. The van der Waals surface area contributed by atoms with E-state index in [0.717, 1.165) is 13.1 Å². The minimum atomic E-state index is -2.87. The van der Waals surface area contributed by atoms with Crippen LogP contribution < -0.4 is 4.74 Å². The molecule has 2 unspecified atom stereocenters. The lowest BCUT2D eigenvalue weighted by atomic mass is 10.1. The van der Waals surface area contributed by atoms with Gasteiger partial charge >= 0.3 is 6.61 Å². The van der Waals surface area contributed by atoms with Crippen molar-refractivity contribution in [1.29, 1.82) is 0 Å². The number of ether oxygens (including phenoxy) is 3. The van der Waals surface area contributed by atoms with Gasteiger partial charge in [0.1, 0.15) is 17.9 Å². The Kier molecular flexibility index (Phi) is 6.39. The predicted molar refractivity (Wildman–Crippen MR) is 90.2 cm³/mol. The Morgan fingerprint density at radius 3 is 2.96 bits per heavy atom. The second-order valence-corrected chi connectivity index (χ2v) is 6.31. The van der Waals surface area contributed by atoms with Gasteiger partial charge in [0.15, 0.2) is 0 Å². The van der Waals surface area contributed by atoms with Crippen LogP contribution in [0.2, 0.25) is 0 Å². The highest BCUT2D eigenvalue weighted by atomic mass is 19.3. The Bertz CT molecular complexity index is 617. The number of benzene rings is 1. The van der Waals surface area contributed by atoms with Crippen LogP contribution in [0, 0.1) is 0 Å². The van der Waals surface area contributed by atoms with Crippen molar-refractivity contribution in [2.24, 2.45) is 0 Å². The van der Waals surface area contributed by atoms with Crippen LogP contribution in [0.15, 0.2) is 24.3 Å². The smallest absolute Gasteiger partial charge is 0.387 e. The van der Waals surface area contributed by atoms with Gasteiger partial charge in [-0.3, -0.25) is 9.69 Å². The lowest BCUT2D eigenvalue weighted by molar-refractivity contribution is -0.150. The highest BCUT2D eigenvalue weighted by Gasteiger charge is 2.34. The molecule has 0 spiro atoms. The molecule has 0 N–H and O–H groups in total. The molecule has 0 bridgehead atoms. The first-order valence-corrected chi connectivity index (χ1v) is 8.85. The van der Waals surface area contributed by atoms with Crippen molar-refractivity contribution in [3.63, 3.8) is 0 Å². The maximum Gasteiger partial charge on any atom is 0.387 e. The maximum absolute atomic E-state index is 12.9. The summed E-state index contributed by atoms with van der Waals surface area (Å²) in [6, 6.07) is 6.16. The number of amides is 1. The number of alkyl halides is 2. The minimum Gasteiger partial charge on any atom is -0.435 e. The second kappa shape index (κ2) is 8.75. The highest BCUT2D eigenvalue weighted by molar-refractivity contribution is 5.82. The molecule has 2 aliphatic rings. The number of carbonyl (C=O) groups excluding carboxylic acids is 1. The quantitative estimate of drug-likeness (QED) is 0.793. The zero-order chi connectivity index (χ0) is 18.5. The van der Waals surface area contributed by atoms with Gasteiger partial charge in [0.25, 0.3) is 0 Å². The SMILES string of the molecule is CCN1CCOCC1C(=O)N1CCOC(c2cccc(OC(F)F)c2)C1. The molecule has 2 aliphatic heterocycles. The number of nitrogens with zero attached hydrogens (tertiary/aromatic N) is 2. The first-order chi connectivity index (χ1) is 12.6. The topological polar surface area (TPSA) is 51.2 Å². The summed E-state index contributed by atoms with van der Waals surface area (Å²) in [6.07, 6.45) is -0.367. The van der Waals surface area contributed by atoms with E-state index in [1.165, 1.54) is 12.1 Å². The number of halogens is 2. The van der Waals surface area contributed by atoms with Gasteiger partial charge in [-0.2, -0.15) is 8.78 Å². The zero-order valence-corrected chi connectivity index (χ0v) is 14.8. The Hall–Kier alpha value is -1.77. The van der Waals surface area contributed by atoms with E-state index in [1.807, 2.05) is 6.92 Å². The van der Waals surface area contributed by atoms with Gasteiger partial charge < -0.3 is 19.1 Å². The number of carbonyl (C=O) groups is 1. The Balaban J connectivity index is 1.68. The summed E-state index contributed by atoms with van der Waals surface area (Å²) in [5.74, 6) is 0.113. The summed E-state index contributed by atoms with van der Waals surface area (Å²) in [7, 11) is 0. The molecule has 26 heavy (non-hydrogen) atoms. The molecule has 3 rings (SSSR count). The highest BCUT2D eigenvalue weighted by Crippen LogP contribution is 2.27. The summed E-state index contributed by atoms with van der Waals surface area (Å²) in [5.41, 5.74) is 0.716. The van der Waals surface area contributed by atoms with Crippen molar-refractivity contribution in [3.05, 3.63) is 29.8 Å². The van der Waals surface area contributed by atoms with Gasteiger partial charge in [0, 0.05) is 13.1 Å². The van der Waals surface area contributed by atoms with Gasteiger partial charge in [0.2, 0.25) is 5.91 Å². The summed E-state index contributed by atoms with van der Waals surface area (Å²) in [4.78, 5) is 16.8. The van der Waals surface area contributed by atoms with E-state index in [2.05, 4.69) is 9.64 Å². The Morgan fingerprint density at radius 1 is 1.35 bits per heavy atom. The lowest BCUT2D eigenvalue weighted by Crippen LogP contribution is -2.56. The van der Waals surface area contributed by atoms with Gasteiger partial charge in [-0.25, -0.2) is 0 Å². The third-order valence-corrected chi connectivity index (χ3v) is 4.76. The molecule has 8 heteroatoms. The van der Waals surface area contributed by atoms with Crippen LogP contribution in [0.1, 0.15) is 18.6 Å². The Labute approximate surface area is 151 Å². The number of rotatable bonds is 5. The minimum absolute atomic E-state index is 0.0276. The van der Waals surface area contributed by atoms with E-state index in [9.17, 15) is 13.6 Å². The lowest BCUT2D eigenvalue weighted by Gasteiger charge is -2.39. The molecule has 1 amide bonds. The molecular formula is C18H24F2N2O4. The van der Waals surface area contributed by atoms with Gasteiger partial charge in [0.05, 0.1) is 26.4 Å². The van der Waals surface area contributed by atoms with Crippen LogP contribution in [0.25, 0.3) is 0 Å². The molecular weight excluding hydrogens is 346 g/mol. The monoisotopic (exact) mass is 370 g/mol. The van der Waals surface area contributed by atoms with Crippen LogP contribution in [-0.4, -0.2) is 74.4 Å². The number of morpholine rings is 2. The van der Waals surface area contributed by atoms with Crippen molar-refractivity contribution >= 4 is 5.91 Å². The predicted octanol–water partition coefficient (Wildman–Crippen LogP) is 1.91. The molecule has 0 radical (unpaired) electrons. The normalized spacial score (nSPS) is 24.7. The molecule has 0 saturated carbocycles. The molecule has 1 aromatic carbocycles. The van der Waals surface area contributed by atoms with E-state index in [1.54, 1.807) is 17.0 Å². The molecule has 1 aromatic rings. The molecule has 0 aromatic heterocycles. The number of hydrogen-bond acceptors (Lipinski definition) is 5. The van der Waals surface area contributed by atoms with Crippen molar-refractivity contribution in [3.8, 4) is 5.75 Å². The molecule has 2 saturated heterocycles. The summed E-state index contributed by atoms with van der Waals surface area (Å²) in [6.45, 7) is 3.02. The fourth-order valence-electron chi connectivity index (χ4n) is 3.40. The van der Waals surface area contributed by atoms with E-state index in [-0.39, 0.29) is 23.8 Å². The maximum atomic E-state index is 12.9. The van der Waals surface area contributed by atoms with Crippen molar-refractivity contribution in [2.75, 3.05) is 46.0 Å². The van der Waals surface area contributed by atoms with Crippen LogP contribution in [-0.2, 0) is 14.3 Å². The van der Waals surface area contributed by atoms with Gasteiger partial charge in [-0.05, 0) is 24.2 Å². The number of hydrogen-bond donors (Lipinski definition) is 0. The molecule has 6 nitrogen and oxygen atoms in total. The first-order valence-electron chi connectivity index (χ1n) is 8.85. The largest absolute Gasteiger partial charge is 0.435 e. The van der Waals surface area contributed by atoms with E-state index in [0.29, 0.717) is 38.5 Å². The molecule has 144 valence electrons. The summed E-state index contributed by atoms with van der Waals surface area (Å²) < 4.78 is 40.5. The first kappa shape index (κ1) is 19.0. The summed E-state index contributed by atoms with van der Waals surface area (Å²) >= 11 is 0. The van der Waals surface area contributed by atoms with E-state index < -0.39 is 6.61 Å². The van der Waals surface area contributed by atoms with Crippen LogP contribution in [0.5, 0.6) is 5.75 Å². The fraction of sp³-hybridized carbons (Fsp3) is 0.611. The number of likely N-dealkylation sites (N-methyl/N-ethyl adjacent to an activating group) is 1. The van der Waals surface area contributed by atoms with Crippen molar-refractivity contribution in [2.45, 2.75) is 25.7 Å². The molecule has 2 fully saturated rings. The average Bonchev–Trinajstić information content (AvgIpc) is 2.67. The molecule has 2 atom stereocenters. The Morgan fingerprint density at radius 2 is 2.19 bits per heavy atom. The molecule has 0 aliphatic carbocycles. The summed E-state index contributed by atoms with van der Waals surface area (Å²) in [5, 5.41) is 0. The van der Waals surface area contributed by atoms with Crippen molar-refractivity contribution in [1.82, 2.24) is 9.80 Å². The zero-order valence-electron chi connectivity index (χ0n) is 14.8. The second-order valence-electron chi connectivity index (χ2n) is 6.31. The standard InChI is InChI=1S/C18H24F2N2O4/c1-2-21-6-8-24-12-15(21)17(23)22-7-9-25-16(11-22)13-4-3-5-14(10-13)26-18(19)20/h3-5,10,15-16,18H,2,6-9,11-12H2,1H3. The van der Waals surface area contributed by atoms with E-state index in [4.69, 9.17) is 9.47 Å². The van der Waals surface area contributed by atoms with Crippen LogP contribution in [0.3, 0.4) is 0 Å². The van der Waals surface area contributed by atoms with Gasteiger partial charge in [-0.1, -0.05) is 19.1 Å². The van der Waals surface area contributed by atoms with E-state index >= 15 is 0 Å². The van der Waals surface area contributed by atoms with Crippen LogP contribution >= 0.6 is 0 Å². The molecule has 2 heterocycles. The van der Waals surface area contributed by atoms with Gasteiger partial charge in [-0.15, -0.1) is 0 Å². The van der Waals surface area contributed by atoms with Crippen molar-refractivity contribution < 1.29 is 27.8 Å². The third-order valence-electron chi connectivity index (χ3n) is 4.76.